The van der Waals surface area contributed by atoms with Crippen LogP contribution < -0.4 is 4.90 Å². The highest BCUT2D eigenvalue weighted by Crippen LogP contribution is 2.43. The number of aryl methyl sites for hydroxylation is 3. The van der Waals surface area contributed by atoms with E-state index in [0.29, 0.717) is 6.54 Å². The van der Waals surface area contributed by atoms with E-state index in [1.165, 1.54) is 0 Å². The molecule has 0 saturated heterocycles. The number of hydrogen-bond donors (Lipinski definition) is 0. The number of esters is 1. The van der Waals surface area contributed by atoms with Gasteiger partial charge in [-0.3, -0.25) is 19.2 Å². The van der Waals surface area contributed by atoms with E-state index in [-0.39, 0.29) is 25.0 Å². The SMILES string of the molecule is Cc1cc(C)n(CCC(=O)OCC(=O)N2c3ccccc3SCC2c2ccccc2)n1. The molecule has 2 aromatic carbocycles. The van der Waals surface area contributed by atoms with Crippen molar-refractivity contribution >= 4 is 29.3 Å². The number of thioether (sulfide) groups is 1. The second-order valence-corrected chi connectivity index (χ2v) is 8.59. The van der Waals surface area contributed by atoms with E-state index in [1.54, 1.807) is 21.3 Å². The number of benzene rings is 2. The molecule has 31 heavy (non-hydrogen) atoms. The molecule has 3 aromatic rings. The molecule has 1 atom stereocenters. The number of hydrogen-bond acceptors (Lipinski definition) is 5. The molecule has 1 amide bonds. The highest BCUT2D eigenvalue weighted by molar-refractivity contribution is 7.99. The van der Waals surface area contributed by atoms with Gasteiger partial charge >= 0.3 is 5.97 Å². The summed E-state index contributed by atoms with van der Waals surface area (Å²) >= 11 is 1.73. The Labute approximate surface area is 186 Å². The summed E-state index contributed by atoms with van der Waals surface area (Å²) in [7, 11) is 0. The quantitative estimate of drug-likeness (QED) is 0.540. The molecule has 0 bridgehead atoms. The molecule has 160 valence electrons. The minimum Gasteiger partial charge on any atom is -0.455 e. The van der Waals surface area contributed by atoms with Crippen molar-refractivity contribution in [3.8, 4) is 0 Å². The Morgan fingerprint density at radius 1 is 1.10 bits per heavy atom. The standard InChI is InChI=1S/C24H25N3O3S/c1-17-14-18(2)26(25-17)13-12-24(29)30-15-23(28)27-20-10-6-7-11-22(20)31-16-21(27)19-8-4-3-5-9-19/h3-11,14,21H,12-13,15-16H2,1-2H3. The van der Waals surface area contributed by atoms with Gasteiger partial charge in [0.1, 0.15) is 0 Å². The topological polar surface area (TPSA) is 64.4 Å². The first-order chi connectivity index (χ1) is 15.0. The first-order valence-corrected chi connectivity index (χ1v) is 11.3. The molecule has 0 saturated carbocycles. The predicted octanol–water partition coefficient (Wildman–Crippen LogP) is 4.31. The smallest absolute Gasteiger partial charge is 0.308 e. The Balaban J connectivity index is 1.44. The third-order valence-electron chi connectivity index (χ3n) is 5.27. The summed E-state index contributed by atoms with van der Waals surface area (Å²) in [5, 5.41) is 4.35. The normalized spacial score (nSPS) is 15.4. The van der Waals surface area contributed by atoms with Gasteiger partial charge in [-0.1, -0.05) is 42.5 Å². The van der Waals surface area contributed by atoms with E-state index < -0.39 is 5.97 Å². The summed E-state index contributed by atoms with van der Waals surface area (Å²) < 4.78 is 7.13. The molecule has 0 fully saturated rings. The number of amides is 1. The molecule has 4 rings (SSSR count). The van der Waals surface area contributed by atoms with E-state index in [2.05, 4.69) is 5.10 Å². The molecular weight excluding hydrogens is 410 g/mol. The van der Waals surface area contributed by atoms with Crippen molar-refractivity contribution in [2.24, 2.45) is 0 Å². The number of carbonyl (C=O) groups is 2. The Hall–Kier alpha value is -3.06. The highest BCUT2D eigenvalue weighted by atomic mass is 32.2. The van der Waals surface area contributed by atoms with Crippen LogP contribution in [0, 0.1) is 13.8 Å². The largest absolute Gasteiger partial charge is 0.455 e. The molecule has 1 unspecified atom stereocenters. The molecule has 0 aliphatic carbocycles. The number of nitrogens with zero attached hydrogens (tertiary/aromatic N) is 3. The molecule has 0 spiro atoms. The van der Waals surface area contributed by atoms with Crippen molar-refractivity contribution in [1.29, 1.82) is 0 Å². The van der Waals surface area contributed by atoms with Gasteiger partial charge in [-0.2, -0.15) is 5.10 Å². The first kappa shape index (κ1) is 21.2. The molecule has 1 aliphatic heterocycles. The van der Waals surface area contributed by atoms with Crippen molar-refractivity contribution in [2.45, 2.75) is 37.8 Å². The van der Waals surface area contributed by atoms with Gasteiger partial charge in [0, 0.05) is 16.3 Å². The van der Waals surface area contributed by atoms with E-state index in [9.17, 15) is 9.59 Å². The molecule has 0 radical (unpaired) electrons. The number of carbonyl (C=O) groups excluding carboxylic acids is 2. The van der Waals surface area contributed by atoms with Gasteiger partial charge < -0.3 is 4.74 Å². The number of fused-ring (bicyclic) bond motifs is 1. The summed E-state index contributed by atoms with van der Waals surface area (Å²) in [6, 6.07) is 19.7. The Morgan fingerprint density at radius 3 is 2.58 bits per heavy atom. The van der Waals surface area contributed by atoms with E-state index >= 15 is 0 Å². The van der Waals surface area contributed by atoms with Gasteiger partial charge in [-0.05, 0) is 37.6 Å². The Bertz CT molecular complexity index is 1080. The van der Waals surface area contributed by atoms with Crippen LogP contribution in [0.2, 0.25) is 0 Å². The van der Waals surface area contributed by atoms with Crippen LogP contribution in [0.1, 0.15) is 29.4 Å². The zero-order chi connectivity index (χ0) is 21.8. The van der Waals surface area contributed by atoms with Crippen LogP contribution in [0.3, 0.4) is 0 Å². The minimum atomic E-state index is -0.406. The number of anilines is 1. The van der Waals surface area contributed by atoms with Crippen LogP contribution >= 0.6 is 11.8 Å². The Kier molecular flexibility index (Phi) is 6.42. The number of ether oxygens (including phenoxy) is 1. The van der Waals surface area contributed by atoms with Crippen molar-refractivity contribution in [3.05, 3.63) is 77.6 Å². The Morgan fingerprint density at radius 2 is 1.84 bits per heavy atom. The number of aromatic nitrogens is 2. The molecular formula is C24H25N3O3S. The van der Waals surface area contributed by atoms with Crippen molar-refractivity contribution in [1.82, 2.24) is 9.78 Å². The maximum atomic E-state index is 13.2. The lowest BCUT2D eigenvalue weighted by atomic mass is 10.1. The van der Waals surface area contributed by atoms with Crippen LogP contribution in [0.25, 0.3) is 0 Å². The molecule has 0 N–H and O–H groups in total. The van der Waals surface area contributed by atoms with E-state index in [0.717, 1.165) is 33.3 Å². The molecule has 1 aliphatic rings. The maximum absolute atomic E-state index is 13.2. The lowest BCUT2D eigenvalue weighted by Gasteiger charge is -2.37. The van der Waals surface area contributed by atoms with Crippen LogP contribution in [0.15, 0.2) is 65.6 Å². The average Bonchev–Trinajstić information content (AvgIpc) is 3.12. The fourth-order valence-corrected chi connectivity index (χ4v) is 4.97. The number of para-hydroxylation sites is 1. The van der Waals surface area contributed by atoms with E-state index in [4.69, 9.17) is 4.74 Å². The van der Waals surface area contributed by atoms with Crippen molar-refractivity contribution in [3.63, 3.8) is 0 Å². The van der Waals surface area contributed by atoms with E-state index in [1.807, 2.05) is 74.5 Å². The van der Waals surface area contributed by atoms with Crippen LogP contribution in [0.5, 0.6) is 0 Å². The van der Waals surface area contributed by atoms with Crippen molar-refractivity contribution in [2.75, 3.05) is 17.3 Å². The summed E-state index contributed by atoms with van der Waals surface area (Å²) in [4.78, 5) is 28.3. The summed E-state index contributed by atoms with van der Waals surface area (Å²) in [5.41, 5.74) is 3.83. The second-order valence-electron chi connectivity index (χ2n) is 7.53. The van der Waals surface area contributed by atoms with Gasteiger partial charge in [0.25, 0.3) is 5.91 Å². The van der Waals surface area contributed by atoms with Crippen molar-refractivity contribution < 1.29 is 14.3 Å². The lowest BCUT2D eigenvalue weighted by molar-refractivity contribution is -0.148. The summed E-state index contributed by atoms with van der Waals surface area (Å²) in [6.45, 7) is 4.02. The van der Waals surface area contributed by atoms with Gasteiger partial charge in [0.15, 0.2) is 6.61 Å². The monoisotopic (exact) mass is 435 g/mol. The van der Waals surface area contributed by atoms with Crippen LogP contribution in [-0.2, 0) is 20.9 Å². The zero-order valence-corrected chi connectivity index (χ0v) is 18.5. The van der Waals surface area contributed by atoms with Gasteiger partial charge in [0.2, 0.25) is 0 Å². The minimum absolute atomic E-state index is 0.109. The maximum Gasteiger partial charge on any atom is 0.308 e. The van der Waals surface area contributed by atoms with Gasteiger partial charge in [-0.15, -0.1) is 11.8 Å². The fraction of sp³-hybridized carbons (Fsp3) is 0.292. The molecule has 7 heteroatoms. The fourth-order valence-electron chi connectivity index (χ4n) is 3.80. The first-order valence-electron chi connectivity index (χ1n) is 10.3. The highest BCUT2D eigenvalue weighted by Gasteiger charge is 2.32. The van der Waals surface area contributed by atoms with Crippen LogP contribution in [0.4, 0.5) is 5.69 Å². The summed E-state index contributed by atoms with van der Waals surface area (Å²) in [5.74, 6) is 0.122. The molecule has 1 aromatic heterocycles. The molecule has 6 nitrogen and oxygen atoms in total. The van der Waals surface area contributed by atoms with Gasteiger partial charge in [0.05, 0.1) is 30.4 Å². The predicted molar refractivity (Wildman–Crippen MR) is 121 cm³/mol. The molecule has 2 heterocycles. The zero-order valence-electron chi connectivity index (χ0n) is 17.7. The average molecular weight is 436 g/mol. The lowest BCUT2D eigenvalue weighted by Crippen LogP contribution is -2.41. The third-order valence-corrected chi connectivity index (χ3v) is 6.41. The van der Waals surface area contributed by atoms with Crippen LogP contribution in [-0.4, -0.2) is 34.0 Å². The number of rotatable bonds is 6. The second kappa shape index (κ2) is 9.39. The van der Waals surface area contributed by atoms with Gasteiger partial charge in [-0.25, -0.2) is 0 Å². The summed E-state index contributed by atoms with van der Waals surface area (Å²) in [6.07, 6.45) is 0.170. The third kappa shape index (κ3) is 4.82.